The van der Waals surface area contributed by atoms with Crippen molar-refractivity contribution in [2.75, 3.05) is 6.61 Å². The molecular formula is C19H22O. The maximum atomic E-state index is 5.72. The Hall–Kier alpha value is -1.94. The lowest BCUT2D eigenvalue weighted by Crippen LogP contribution is -1.99. The molecule has 0 atom stereocenters. The Kier molecular flexibility index (Phi) is 5.50. The van der Waals surface area contributed by atoms with Gasteiger partial charge < -0.3 is 4.74 Å². The van der Waals surface area contributed by atoms with E-state index in [-0.39, 0.29) is 0 Å². The molecule has 0 heterocycles. The van der Waals surface area contributed by atoms with Gasteiger partial charge in [0.25, 0.3) is 0 Å². The fourth-order valence-electron chi connectivity index (χ4n) is 2.56. The molecule has 0 spiro atoms. The predicted octanol–water partition coefficient (Wildman–Crippen LogP) is 4.97. The lowest BCUT2D eigenvalue weighted by Gasteiger charge is -2.13. The van der Waals surface area contributed by atoms with E-state index in [0.717, 1.165) is 12.2 Å². The quantitative estimate of drug-likeness (QED) is 0.507. The van der Waals surface area contributed by atoms with Gasteiger partial charge in [0.2, 0.25) is 0 Å². The molecule has 0 aliphatic rings. The Balaban J connectivity index is 2.27. The van der Waals surface area contributed by atoms with Crippen LogP contribution in [0.5, 0.6) is 5.75 Å². The zero-order chi connectivity index (χ0) is 14.2. The van der Waals surface area contributed by atoms with E-state index < -0.39 is 0 Å². The van der Waals surface area contributed by atoms with Crippen LogP contribution in [0.15, 0.2) is 36.4 Å². The minimum atomic E-state index is 0.334. The molecule has 20 heavy (non-hydrogen) atoms. The summed E-state index contributed by atoms with van der Waals surface area (Å²) >= 11 is 0. The van der Waals surface area contributed by atoms with E-state index in [1.165, 1.54) is 42.0 Å². The van der Waals surface area contributed by atoms with Gasteiger partial charge in [0.05, 0.1) is 0 Å². The van der Waals surface area contributed by atoms with Crippen LogP contribution < -0.4 is 4.74 Å². The van der Waals surface area contributed by atoms with Gasteiger partial charge in [0.15, 0.2) is 0 Å². The normalized spacial score (nSPS) is 10.4. The number of ether oxygens (including phenoxy) is 1. The Morgan fingerprint density at radius 1 is 1.05 bits per heavy atom. The molecule has 0 aliphatic heterocycles. The second kappa shape index (κ2) is 7.60. The van der Waals surface area contributed by atoms with Gasteiger partial charge in [-0.2, -0.15) is 0 Å². The Morgan fingerprint density at radius 2 is 1.90 bits per heavy atom. The number of hydrogen-bond donors (Lipinski definition) is 0. The standard InChI is InChI=1S/C19H22O/c1-3-5-6-7-12-18-17-11-9-8-10-16(17)13-14-19(18)20-15-4-2/h2,8-11,13-14H,3,5-7,12,15H2,1H3. The van der Waals surface area contributed by atoms with Crippen LogP contribution in [-0.4, -0.2) is 6.61 Å². The number of unbranched alkanes of at least 4 members (excludes halogenated alkanes) is 3. The molecule has 0 aromatic heterocycles. The van der Waals surface area contributed by atoms with E-state index in [2.05, 4.69) is 49.2 Å². The van der Waals surface area contributed by atoms with Crippen LogP contribution in [-0.2, 0) is 6.42 Å². The minimum Gasteiger partial charge on any atom is -0.481 e. The second-order valence-electron chi connectivity index (χ2n) is 5.07. The minimum absolute atomic E-state index is 0.334. The molecule has 2 aromatic rings. The summed E-state index contributed by atoms with van der Waals surface area (Å²) in [6.07, 6.45) is 11.4. The van der Waals surface area contributed by atoms with Gasteiger partial charge in [-0.05, 0) is 29.7 Å². The van der Waals surface area contributed by atoms with E-state index >= 15 is 0 Å². The van der Waals surface area contributed by atoms with E-state index in [0.29, 0.717) is 6.61 Å². The number of fused-ring (bicyclic) bond motifs is 1. The van der Waals surface area contributed by atoms with Crippen LogP contribution >= 0.6 is 0 Å². The summed E-state index contributed by atoms with van der Waals surface area (Å²) in [7, 11) is 0. The van der Waals surface area contributed by atoms with Crippen molar-refractivity contribution < 1.29 is 4.74 Å². The molecule has 104 valence electrons. The molecule has 1 nitrogen and oxygen atoms in total. The van der Waals surface area contributed by atoms with Gasteiger partial charge in [-0.1, -0.05) is 62.4 Å². The van der Waals surface area contributed by atoms with E-state index in [4.69, 9.17) is 11.2 Å². The first-order chi connectivity index (χ1) is 9.86. The monoisotopic (exact) mass is 266 g/mol. The molecule has 0 N–H and O–H groups in total. The third kappa shape index (κ3) is 3.54. The average Bonchev–Trinajstić information content (AvgIpc) is 2.50. The fourth-order valence-corrected chi connectivity index (χ4v) is 2.56. The van der Waals surface area contributed by atoms with Crippen molar-refractivity contribution in [1.82, 2.24) is 0 Å². The number of aryl methyl sites for hydroxylation is 1. The predicted molar refractivity (Wildman–Crippen MR) is 86.1 cm³/mol. The Bertz CT molecular complexity index is 592. The van der Waals surface area contributed by atoms with E-state index in [1.54, 1.807) is 0 Å². The molecule has 0 radical (unpaired) electrons. The van der Waals surface area contributed by atoms with Crippen molar-refractivity contribution in [2.24, 2.45) is 0 Å². The maximum Gasteiger partial charge on any atom is 0.148 e. The number of rotatable bonds is 7. The molecule has 0 amide bonds. The van der Waals surface area contributed by atoms with Gasteiger partial charge in [-0.15, -0.1) is 6.42 Å². The van der Waals surface area contributed by atoms with Crippen molar-refractivity contribution >= 4 is 10.8 Å². The topological polar surface area (TPSA) is 9.23 Å². The van der Waals surface area contributed by atoms with Crippen LogP contribution in [0.3, 0.4) is 0 Å². The van der Waals surface area contributed by atoms with Crippen LogP contribution in [0, 0.1) is 12.3 Å². The average molecular weight is 266 g/mol. The lowest BCUT2D eigenvalue weighted by molar-refractivity contribution is 0.366. The fraction of sp³-hybridized carbons (Fsp3) is 0.368. The van der Waals surface area contributed by atoms with Gasteiger partial charge in [0.1, 0.15) is 12.4 Å². The van der Waals surface area contributed by atoms with Crippen LogP contribution in [0.25, 0.3) is 10.8 Å². The highest BCUT2D eigenvalue weighted by Crippen LogP contribution is 2.29. The molecular weight excluding hydrogens is 244 g/mol. The molecule has 0 saturated carbocycles. The summed E-state index contributed by atoms with van der Waals surface area (Å²) in [4.78, 5) is 0. The van der Waals surface area contributed by atoms with Gasteiger partial charge in [-0.25, -0.2) is 0 Å². The van der Waals surface area contributed by atoms with E-state index in [1.807, 2.05) is 0 Å². The molecule has 0 unspecified atom stereocenters. The summed E-state index contributed by atoms with van der Waals surface area (Å²) in [6.45, 7) is 2.57. The molecule has 0 fully saturated rings. The molecule has 0 aliphatic carbocycles. The number of benzene rings is 2. The zero-order valence-electron chi connectivity index (χ0n) is 12.2. The van der Waals surface area contributed by atoms with Crippen LogP contribution in [0.4, 0.5) is 0 Å². The maximum absolute atomic E-state index is 5.72. The molecule has 0 saturated heterocycles. The molecule has 2 aromatic carbocycles. The lowest BCUT2D eigenvalue weighted by atomic mass is 9.98. The summed E-state index contributed by atoms with van der Waals surface area (Å²) in [6, 6.07) is 12.6. The largest absolute Gasteiger partial charge is 0.481 e. The SMILES string of the molecule is C#CCOc1ccc2ccccc2c1CCCCCC. The molecule has 2 rings (SSSR count). The van der Waals surface area contributed by atoms with Gasteiger partial charge >= 0.3 is 0 Å². The highest BCUT2D eigenvalue weighted by atomic mass is 16.5. The van der Waals surface area contributed by atoms with Crippen LogP contribution in [0.1, 0.15) is 38.2 Å². The van der Waals surface area contributed by atoms with Crippen molar-refractivity contribution in [2.45, 2.75) is 39.0 Å². The first kappa shape index (κ1) is 14.5. The van der Waals surface area contributed by atoms with Crippen molar-refractivity contribution in [3.8, 4) is 18.1 Å². The van der Waals surface area contributed by atoms with Crippen molar-refractivity contribution in [3.05, 3.63) is 42.0 Å². The zero-order valence-corrected chi connectivity index (χ0v) is 12.2. The number of hydrogen-bond acceptors (Lipinski definition) is 1. The van der Waals surface area contributed by atoms with E-state index in [9.17, 15) is 0 Å². The Labute approximate surface area is 122 Å². The Morgan fingerprint density at radius 3 is 2.70 bits per heavy atom. The molecule has 0 bridgehead atoms. The summed E-state index contributed by atoms with van der Waals surface area (Å²) < 4.78 is 5.72. The smallest absolute Gasteiger partial charge is 0.148 e. The summed E-state index contributed by atoms with van der Waals surface area (Å²) in [5, 5.41) is 2.56. The summed E-state index contributed by atoms with van der Waals surface area (Å²) in [5.41, 5.74) is 1.30. The first-order valence-electron chi connectivity index (χ1n) is 7.43. The highest BCUT2D eigenvalue weighted by Gasteiger charge is 2.08. The number of terminal acetylenes is 1. The summed E-state index contributed by atoms with van der Waals surface area (Å²) in [5.74, 6) is 3.49. The van der Waals surface area contributed by atoms with Gasteiger partial charge in [0, 0.05) is 5.56 Å². The molecule has 1 heteroatoms. The van der Waals surface area contributed by atoms with Crippen LogP contribution in [0.2, 0.25) is 0 Å². The second-order valence-corrected chi connectivity index (χ2v) is 5.07. The van der Waals surface area contributed by atoms with Crippen molar-refractivity contribution in [3.63, 3.8) is 0 Å². The van der Waals surface area contributed by atoms with Crippen molar-refractivity contribution in [1.29, 1.82) is 0 Å². The third-order valence-electron chi connectivity index (χ3n) is 3.59. The highest BCUT2D eigenvalue weighted by molar-refractivity contribution is 5.87. The first-order valence-corrected chi connectivity index (χ1v) is 7.43. The third-order valence-corrected chi connectivity index (χ3v) is 3.59. The van der Waals surface area contributed by atoms with Gasteiger partial charge in [-0.3, -0.25) is 0 Å².